The van der Waals surface area contributed by atoms with Gasteiger partial charge in [0.05, 0.1) is 11.4 Å². The molecule has 2 amide bonds. The molecule has 146 valence electrons. The fourth-order valence-corrected chi connectivity index (χ4v) is 4.00. The number of rotatable bonds is 5. The van der Waals surface area contributed by atoms with Crippen LogP contribution in [0.4, 0.5) is 11.4 Å². The second-order valence-corrected chi connectivity index (χ2v) is 7.99. The first-order chi connectivity index (χ1) is 12.9. The van der Waals surface area contributed by atoms with Gasteiger partial charge in [0, 0.05) is 26.1 Å². The van der Waals surface area contributed by atoms with Crippen molar-refractivity contribution in [1.82, 2.24) is 4.90 Å². The lowest BCUT2D eigenvalue weighted by Gasteiger charge is -2.47. The molecule has 1 N–H and O–H groups in total. The van der Waals surface area contributed by atoms with E-state index < -0.39 is 11.4 Å². The fraction of sp³-hybridized carbons (Fsp3) is 0.571. The van der Waals surface area contributed by atoms with Crippen LogP contribution in [-0.4, -0.2) is 47.7 Å². The fourth-order valence-electron chi connectivity index (χ4n) is 4.00. The third-order valence-electron chi connectivity index (χ3n) is 5.41. The second-order valence-electron chi connectivity index (χ2n) is 7.99. The summed E-state index contributed by atoms with van der Waals surface area (Å²) < 4.78 is 0. The molecule has 0 radical (unpaired) electrons. The number of carbonyl (C=O) groups is 3. The van der Waals surface area contributed by atoms with Crippen LogP contribution >= 0.6 is 0 Å². The van der Waals surface area contributed by atoms with Gasteiger partial charge in [-0.05, 0) is 37.3 Å². The average molecular weight is 371 g/mol. The Morgan fingerprint density at radius 1 is 1.19 bits per heavy atom. The SMILES string of the molecule is CCCN1C(=O)C2(CCN(C(=O)C(=O)CC(C)C)CC2)Nc2ccccc21. The minimum Gasteiger partial charge on any atom is -0.369 e. The predicted molar refractivity (Wildman–Crippen MR) is 106 cm³/mol. The van der Waals surface area contributed by atoms with E-state index in [2.05, 4.69) is 12.2 Å². The van der Waals surface area contributed by atoms with Gasteiger partial charge in [-0.15, -0.1) is 0 Å². The second kappa shape index (κ2) is 7.71. The largest absolute Gasteiger partial charge is 0.369 e. The number of carbonyl (C=O) groups excluding carboxylic acids is 3. The molecule has 1 aromatic rings. The lowest BCUT2D eigenvalue weighted by Crippen LogP contribution is -2.62. The van der Waals surface area contributed by atoms with Gasteiger partial charge in [0.15, 0.2) is 0 Å². The highest BCUT2D eigenvalue weighted by Crippen LogP contribution is 2.39. The van der Waals surface area contributed by atoms with Crippen molar-refractivity contribution in [2.24, 2.45) is 5.92 Å². The summed E-state index contributed by atoms with van der Waals surface area (Å²) in [6.07, 6.45) is 2.18. The third-order valence-corrected chi connectivity index (χ3v) is 5.41. The van der Waals surface area contributed by atoms with Crippen LogP contribution in [0.2, 0.25) is 0 Å². The molecule has 2 aliphatic heterocycles. The van der Waals surface area contributed by atoms with Crippen LogP contribution in [0.25, 0.3) is 0 Å². The number of nitrogens with zero attached hydrogens (tertiary/aromatic N) is 2. The van der Waals surface area contributed by atoms with E-state index in [1.807, 2.05) is 43.0 Å². The Labute approximate surface area is 160 Å². The van der Waals surface area contributed by atoms with Gasteiger partial charge in [-0.2, -0.15) is 0 Å². The molecule has 27 heavy (non-hydrogen) atoms. The number of anilines is 2. The van der Waals surface area contributed by atoms with Crippen molar-refractivity contribution in [3.63, 3.8) is 0 Å². The average Bonchev–Trinajstić information content (AvgIpc) is 2.65. The number of Topliss-reactive ketones (excluding diaryl/α,β-unsaturated/α-hetero) is 1. The lowest BCUT2D eigenvalue weighted by atomic mass is 9.83. The Balaban J connectivity index is 1.76. The van der Waals surface area contributed by atoms with Crippen molar-refractivity contribution in [3.05, 3.63) is 24.3 Å². The number of hydrogen-bond donors (Lipinski definition) is 1. The van der Waals surface area contributed by atoms with Gasteiger partial charge in [-0.1, -0.05) is 32.9 Å². The number of piperidine rings is 1. The zero-order valence-corrected chi connectivity index (χ0v) is 16.5. The van der Waals surface area contributed by atoms with Gasteiger partial charge in [0.25, 0.3) is 11.8 Å². The number of likely N-dealkylation sites (tertiary alicyclic amines) is 1. The number of para-hydroxylation sites is 2. The summed E-state index contributed by atoms with van der Waals surface area (Å²) in [7, 11) is 0. The van der Waals surface area contributed by atoms with E-state index in [1.54, 1.807) is 4.90 Å². The number of benzene rings is 1. The van der Waals surface area contributed by atoms with Crippen molar-refractivity contribution >= 4 is 29.0 Å². The first kappa shape index (κ1) is 19.4. The molecule has 6 nitrogen and oxygen atoms in total. The minimum absolute atomic E-state index is 0.0728. The molecule has 6 heteroatoms. The molecule has 0 saturated carbocycles. The van der Waals surface area contributed by atoms with E-state index >= 15 is 0 Å². The van der Waals surface area contributed by atoms with Crippen molar-refractivity contribution < 1.29 is 14.4 Å². The highest BCUT2D eigenvalue weighted by atomic mass is 16.2. The quantitative estimate of drug-likeness (QED) is 0.808. The summed E-state index contributed by atoms with van der Waals surface area (Å²) in [4.78, 5) is 41.3. The lowest BCUT2D eigenvalue weighted by molar-refractivity contribution is -0.146. The summed E-state index contributed by atoms with van der Waals surface area (Å²) in [5.41, 5.74) is 1.18. The van der Waals surface area contributed by atoms with Gasteiger partial charge in [0.1, 0.15) is 5.54 Å². The molecule has 2 heterocycles. The molecule has 0 bridgehead atoms. The normalized spacial score (nSPS) is 18.4. The highest BCUT2D eigenvalue weighted by Gasteiger charge is 2.48. The van der Waals surface area contributed by atoms with E-state index in [0.717, 1.165) is 17.8 Å². The van der Waals surface area contributed by atoms with Gasteiger partial charge in [-0.25, -0.2) is 0 Å². The third kappa shape index (κ3) is 3.70. The van der Waals surface area contributed by atoms with Crippen LogP contribution in [0.3, 0.4) is 0 Å². The van der Waals surface area contributed by atoms with Crippen molar-refractivity contribution in [2.75, 3.05) is 29.9 Å². The summed E-state index contributed by atoms with van der Waals surface area (Å²) >= 11 is 0. The van der Waals surface area contributed by atoms with Gasteiger partial charge in [0.2, 0.25) is 5.78 Å². The molecule has 0 unspecified atom stereocenters. The smallest absolute Gasteiger partial charge is 0.289 e. The van der Waals surface area contributed by atoms with E-state index in [1.165, 1.54) is 0 Å². The van der Waals surface area contributed by atoms with Crippen LogP contribution in [0.1, 0.15) is 46.5 Å². The standard InChI is InChI=1S/C21H29N3O3/c1-4-11-24-17-8-6-5-7-16(17)22-21(20(24)27)9-12-23(13-10-21)19(26)18(25)14-15(2)3/h5-8,15,22H,4,9-14H2,1-3H3. The zero-order valence-electron chi connectivity index (χ0n) is 16.5. The Morgan fingerprint density at radius 2 is 1.85 bits per heavy atom. The maximum Gasteiger partial charge on any atom is 0.289 e. The minimum atomic E-state index is -0.693. The molecule has 0 aliphatic carbocycles. The number of hydrogen-bond acceptors (Lipinski definition) is 4. The summed E-state index contributed by atoms with van der Waals surface area (Å²) in [6, 6.07) is 7.86. The van der Waals surface area contributed by atoms with Crippen LogP contribution in [0, 0.1) is 5.92 Å². The first-order valence-corrected chi connectivity index (χ1v) is 9.89. The number of fused-ring (bicyclic) bond motifs is 1. The summed E-state index contributed by atoms with van der Waals surface area (Å²) in [6.45, 7) is 7.44. The molecule has 0 aromatic heterocycles. The molecule has 0 atom stereocenters. The molecular formula is C21H29N3O3. The van der Waals surface area contributed by atoms with Gasteiger partial charge >= 0.3 is 0 Å². The predicted octanol–water partition coefficient (Wildman–Crippen LogP) is 2.83. The zero-order chi connectivity index (χ0) is 19.6. The van der Waals surface area contributed by atoms with Gasteiger partial charge in [-0.3, -0.25) is 14.4 Å². The maximum atomic E-state index is 13.3. The molecule has 2 aliphatic rings. The Kier molecular flexibility index (Phi) is 5.53. The Hall–Kier alpha value is -2.37. The highest BCUT2D eigenvalue weighted by molar-refractivity contribution is 6.36. The van der Waals surface area contributed by atoms with Crippen LogP contribution in [0.15, 0.2) is 24.3 Å². The number of ketones is 1. The summed E-state index contributed by atoms with van der Waals surface area (Å²) in [5.74, 6) is -0.503. The van der Waals surface area contributed by atoms with E-state index in [0.29, 0.717) is 32.5 Å². The molecule has 1 saturated heterocycles. The Morgan fingerprint density at radius 3 is 2.48 bits per heavy atom. The van der Waals surface area contributed by atoms with E-state index in [4.69, 9.17) is 0 Å². The van der Waals surface area contributed by atoms with Crippen molar-refractivity contribution in [3.8, 4) is 0 Å². The van der Waals surface area contributed by atoms with E-state index in [-0.39, 0.29) is 24.0 Å². The number of amides is 2. The molecule has 1 fully saturated rings. The topological polar surface area (TPSA) is 69.7 Å². The molecule has 1 spiro atoms. The van der Waals surface area contributed by atoms with Gasteiger partial charge < -0.3 is 15.1 Å². The van der Waals surface area contributed by atoms with Crippen molar-refractivity contribution in [1.29, 1.82) is 0 Å². The first-order valence-electron chi connectivity index (χ1n) is 9.89. The summed E-state index contributed by atoms with van der Waals surface area (Å²) in [5, 5.41) is 3.46. The monoisotopic (exact) mass is 371 g/mol. The van der Waals surface area contributed by atoms with Crippen LogP contribution in [-0.2, 0) is 14.4 Å². The molecule has 1 aromatic carbocycles. The van der Waals surface area contributed by atoms with Crippen LogP contribution in [0.5, 0.6) is 0 Å². The molecule has 3 rings (SSSR count). The molecular weight excluding hydrogens is 342 g/mol. The van der Waals surface area contributed by atoms with Crippen molar-refractivity contribution in [2.45, 2.75) is 52.0 Å². The Bertz CT molecular complexity index is 736. The van der Waals surface area contributed by atoms with Crippen LogP contribution < -0.4 is 10.2 Å². The van der Waals surface area contributed by atoms with E-state index in [9.17, 15) is 14.4 Å². The number of nitrogens with one attached hydrogen (secondary N) is 1. The maximum absolute atomic E-state index is 13.3.